The van der Waals surface area contributed by atoms with Crippen LogP contribution < -0.4 is 13.7 Å². The molecule has 0 saturated heterocycles. The Morgan fingerprint density at radius 2 is 0.780 bits per heavy atom. The molecule has 11 aromatic rings. The lowest BCUT2D eigenvalue weighted by molar-refractivity contribution is -0.857. The standard InChI is InChI=1S/C56H40N3/c1-56(2)51-24-12-11-21-46(51)47-29-28-39(31-52(47)56)38-27-26-37-16-13-25-53(50(37)30-38)57-34-58(54-32-40-14-3-5-17-42(40)44-19-7-9-22-48(44)54)36-59(35-57)55-33-41-15-4-6-18-43(41)45-20-8-10-23-49(45)55/h3-36H,1-2H3/q+3. The highest BCUT2D eigenvalue weighted by molar-refractivity contribution is 6.11. The molecule has 276 valence electrons. The van der Waals surface area contributed by atoms with Gasteiger partial charge in [-0.15, -0.1) is 0 Å². The van der Waals surface area contributed by atoms with Gasteiger partial charge < -0.3 is 0 Å². The number of nitrogens with zero attached hydrogens (tertiary/aromatic N) is 3. The lowest BCUT2D eigenvalue weighted by Gasteiger charge is -2.22. The fourth-order valence-corrected chi connectivity index (χ4v) is 9.91. The van der Waals surface area contributed by atoms with Crippen molar-refractivity contribution in [1.82, 2.24) is 0 Å². The molecule has 3 nitrogen and oxygen atoms in total. The van der Waals surface area contributed by atoms with Crippen LogP contribution in [0.1, 0.15) is 25.0 Å². The van der Waals surface area contributed by atoms with Crippen LogP contribution >= 0.6 is 0 Å². The Labute approximate surface area is 343 Å². The maximum atomic E-state index is 2.42. The summed E-state index contributed by atoms with van der Waals surface area (Å²) in [5.74, 6) is 0. The van der Waals surface area contributed by atoms with Crippen LogP contribution in [0.3, 0.4) is 0 Å². The monoisotopic (exact) mass is 754 g/mol. The van der Waals surface area contributed by atoms with Gasteiger partial charge in [-0.3, -0.25) is 0 Å². The van der Waals surface area contributed by atoms with E-state index < -0.39 is 0 Å². The average Bonchev–Trinajstić information content (AvgIpc) is 3.53. The van der Waals surface area contributed by atoms with E-state index in [-0.39, 0.29) is 5.41 Å². The number of benzene rings is 10. The summed E-state index contributed by atoms with van der Waals surface area (Å²) in [6.07, 6.45) is 6.73. The highest BCUT2D eigenvalue weighted by atomic mass is 15.2. The lowest BCUT2D eigenvalue weighted by atomic mass is 9.81. The number of aromatic nitrogens is 3. The van der Waals surface area contributed by atoms with Crippen LogP contribution in [-0.4, -0.2) is 0 Å². The molecule has 0 fully saturated rings. The van der Waals surface area contributed by atoms with Gasteiger partial charge in [0.05, 0.1) is 16.2 Å². The molecule has 1 aromatic heterocycles. The van der Waals surface area contributed by atoms with Crippen molar-refractivity contribution in [3.8, 4) is 39.3 Å². The predicted molar refractivity (Wildman–Crippen MR) is 242 cm³/mol. The van der Waals surface area contributed by atoms with E-state index in [0.717, 1.165) is 17.1 Å². The van der Waals surface area contributed by atoms with Gasteiger partial charge in [-0.1, -0.05) is 173 Å². The lowest BCUT2D eigenvalue weighted by Crippen LogP contribution is -2.55. The first-order valence-electron chi connectivity index (χ1n) is 20.5. The zero-order valence-electron chi connectivity index (χ0n) is 33.0. The van der Waals surface area contributed by atoms with Crippen molar-refractivity contribution in [2.24, 2.45) is 0 Å². The highest BCUT2D eigenvalue weighted by Crippen LogP contribution is 2.49. The molecule has 59 heavy (non-hydrogen) atoms. The molecule has 0 N–H and O–H groups in total. The fourth-order valence-electron chi connectivity index (χ4n) is 9.91. The predicted octanol–water partition coefficient (Wildman–Crippen LogP) is 12.3. The van der Waals surface area contributed by atoms with Crippen LogP contribution in [0.5, 0.6) is 0 Å². The van der Waals surface area contributed by atoms with Crippen molar-refractivity contribution in [2.45, 2.75) is 19.3 Å². The van der Waals surface area contributed by atoms with E-state index in [9.17, 15) is 0 Å². The second-order valence-electron chi connectivity index (χ2n) is 16.5. The van der Waals surface area contributed by atoms with Gasteiger partial charge in [0.2, 0.25) is 17.1 Å². The number of hydrogen-bond donors (Lipinski definition) is 0. The van der Waals surface area contributed by atoms with E-state index in [1.807, 2.05) is 0 Å². The van der Waals surface area contributed by atoms with Crippen molar-refractivity contribution < 1.29 is 13.7 Å². The normalized spacial score (nSPS) is 13.1. The summed E-state index contributed by atoms with van der Waals surface area (Å²) < 4.78 is 6.92. The van der Waals surface area contributed by atoms with Crippen LogP contribution in [0.15, 0.2) is 207 Å². The Kier molecular flexibility index (Phi) is 7.27. The van der Waals surface area contributed by atoms with Gasteiger partial charge in [0, 0.05) is 23.6 Å². The van der Waals surface area contributed by atoms with Crippen molar-refractivity contribution >= 4 is 53.9 Å². The molecule has 0 atom stereocenters. The molecule has 1 aliphatic carbocycles. The average molecular weight is 755 g/mol. The molecule has 0 bridgehead atoms. The van der Waals surface area contributed by atoms with E-state index in [0.29, 0.717) is 0 Å². The molecule has 0 unspecified atom stereocenters. The smallest absolute Gasteiger partial charge is 0.0619 e. The van der Waals surface area contributed by atoms with Gasteiger partial charge in [-0.25, -0.2) is 0 Å². The first kappa shape index (κ1) is 33.6. The minimum absolute atomic E-state index is 0.0645. The molecule has 12 rings (SSSR count). The van der Waals surface area contributed by atoms with Crippen LogP contribution in [0.4, 0.5) is 0 Å². The largest absolute Gasteiger partial charge is 0.428 e. The zero-order chi connectivity index (χ0) is 39.2. The third-order valence-corrected chi connectivity index (χ3v) is 12.8. The Balaban J connectivity index is 1.11. The summed E-state index contributed by atoms with van der Waals surface area (Å²) >= 11 is 0. The first-order chi connectivity index (χ1) is 29.0. The van der Waals surface area contributed by atoms with E-state index in [1.165, 1.54) is 87.2 Å². The molecule has 1 aliphatic rings. The third kappa shape index (κ3) is 5.18. The summed E-state index contributed by atoms with van der Waals surface area (Å²) in [6.45, 7) is 4.71. The van der Waals surface area contributed by atoms with E-state index in [1.54, 1.807) is 0 Å². The van der Waals surface area contributed by atoms with E-state index in [2.05, 4.69) is 235 Å². The second kappa shape index (κ2) is 12.8. The van der Waals surface area contributed by atoms with Crippen molar-refractivity contribution in [3.63, 3.8) is 0 Å². The van der Waals surface area contributed by atoms with Gasteiger partial charge in [0.1, 0.15) is 0 Å². The number of fused-ring (bicyclic) bond motifs is 10. The Morgan fingerprint density at radius 1 is 0.305 bits per heavy atom. The summed E-state index contributed by atoms with van der Waals surface area (Å²) in [5, 5.41) is 12.2. The summed E-state index contributed by atoms with van der Waals surface area (Å²) in [5.41, 5.74) is 11.2. The Hall–Kier alpha value is -7.49. The van der Waals surface area contributed by atoms with Crippen LogP contribution in [0, 0.1) is 0 Å². The molecule has 0 amide bonds. The zero-order valence-corrected chi connectivity index (χ0v) is 33.0. The quantitative estimate of drug-likeness (QED) is 0.125. The molecule has 0 aliphatic heterocycles. The maximum absolute atomic E-state index is 2.42. The van der Waals surface area contributed by atoms with Crippen LogP contribution in [-0.2, 0) is 5.41 Å². The van der Waals surface area contributed by atoms with Gasteiger partial charge >= 0.3 is 19.0 Å². The molecule has 0 saturated carbocycles. The van der Waals surface area contributed by atoms with E-state index in [4.69, 9.17) is 0 Å². The van der Waals surface area contributed by atoms with E-state index >= 15 is 0 Å². The van der Waals surface area contributed by atoms with Crippen LogP contribution in [0.25, 0.3) is 93.2 Å². The van der Waals surface area contributed by atoms with Crippen molar-refractivity contribution in [1.29, 1.82) is 0 Å². The molecule has 10 aromatic carbocycles. The topological polar surface area (TPSA) is 11.6 Å². The molecular formula is C56H40N3+3. The van der Waals surface area contributed by atoms with Crippen molar-refractivity contribution in [2.75, 3.05) is 0 Å². The molecule has 0 radical (unpaired) electrons. The summed E-state index contributed by atoms with van der Waals surface area (Å²) in [7, 11) is 0. The minimum Gasteiger partial charge on any atom is -0.0619 e. The third-order valence-electron chi connectivity index (χ3n) is 12.8. The second-order valence-corrected chi connectivity index (χ2v) is 16.5. The molecular weight excluding hydrogens is 715 g/mol. The van der Waals surface area contributed by atoms with Gasteiger partial charge in [0.15, 0.2) is 0 Å². The summed E-state index contributed by atoms with van der Waals surface area (Å²) in [6, 6.07) is 69.2. The SMILES string of the molecule is CC1(C)c2ccccc2-c2ccc(-c3ccc4cccc(-[n+]5c[n+](-c6cc7ccccc7c7ccccc67)c[n+](-c6cc7ccccc7c7ccccc67)c5)c4c3)cc21. The van der Waals surface area contributed by atoms with Gasteiger partial charge in [-0.2, -0.15) is 0 Å². The number of hydrogen-bond acceptors (Lipinski definition) is 0. The van der Waals surface area contributed by atoms with Crippen LogP contribution in [0.2, 0.25) is 0 Å². The molecule has 3 heteroatoms. The minimum atomic E-state index is -0.0645. The molecule has 0 spiro atoms. The maximum Gasteiger partial charge on any atom is 0.428 e. The highest BCUT2D eigenvalue weighted by Gasteiger charge is 2.35. The molecule has 1 heterocycles. The van der Waals surface area contributed by atoms with Crippen molar-refractivity contribution in [3.05, 3.63) is 218 Å². The first-order valence-corrected chi connectivity index (χ1v) is 20.5. The Bertz CT molecular complexity index is 3410. The number of rotatable bonds is 4. The fraction of sp³-hybridized carbons (Fsp3) is 0.0536. The van der Waals surface area contributed by atoms with Gasteiger partial charge in [0.25, 0.3) is 0 Å². The Morgan fingerprint density at radius 3 is 1.42 bits per heavy atom. The summed E-state index contributed by atoms with van der Waals surface area (Å²) in [4.78, 5) is 0. The van der Waals surface area contributed by atoms with Gasteiger partial charge in [-0.05, 0) is 95.3 Å².